The van der Waals surface area contributed by atoms with Crippen LogP contribution in [0.1, 0.15) is 5.82 Å². The molecule has 1 saturated heterocycles. The van der Waals surface area contributed by atoms with Crippen molar-refractivity contribution in [2.24, 2.45) is 0 Å². The molecule has 134 valence electrons. The lowest BCUT2D eigenvalue weighted by molar-refractivity contribution is -0.129. The molecular weight excluding hydrogens is 324 g/mol. The molecule has 0 N–H and O–H groups in total. The molecule has 0 atom stereocenters. The number of carbonyl (C=O) groups is 1. The van der Waals surface area contributed by atoms with Crippen molar-refractivity contribution in [3.63, 3.8) is 0 Å². The Labute approximate surface area is 146 Å². The predicted octanol–water partition coefficient (Wildman–Crippen LogP) is 1.04. The van der Waals surface area contributed by atoms with Crippen LogP contribution in [0.5, 0.6) is 5.75 Å². The van der Waals surface area contributed by atoms with Gasteiger partial charge in [-0.1, -0.05) is 11.2 Å². The van der Waals surface area contributed by atoms with Crippen molar-refractivity contribution in [3.8, 4) is 17.2 Å². The van der Waals surface area contributed by atoms with Gasteiger partial charge in [0.1, 0.15) is 12.4 Å². The Hall–Kier alpha value is -2.45. The van der Waals surface area contributed by atoms with Gasteiger partial charge in [0.2, 0.25) is 0 Å². The topological polar surface area (TPSA) is 80.9 Å². The van der Waals surface area contributed by atoms with Gasteiger partial charge < -0.3 is 14.0 Å². The number of nitrogens with zero attached hydrogens (tertiary/aromatic N) is 4. The molecule has 25 heavy (non-hydrogen) atoms. The van der Waals surface area contributed by atoms with Crippen LogP contribution in [0.15, 0.2) is 28.8 Å². The first-order chi connectivity index (χ1) is 12.3. The molecule has 0 bridgehead atoms. The molecule has 0 radical (unpaired) electrons. The van der Waals surface area contributed by atoms with E-state index in [2.05, 4.69) is 19.9 Å². The van der Waals surface area contributed by atoms with E-state index in [0.717, 1.165) is 44.0 Å². The van der Waals surface area contributed by atoms with Crippen LogP contribution in [0.3, 0.4) is 0 Å². The summed E-state index contributed by atoms with van der Waals surface area (Å²) in [6.07, 6.45) is 0. The highest BCUT2D eigenvalue weighted by Gasteiger charge is 2.19. The monoisotopic (exact) mass is 346 g/mol. The Morgan fingerprint density at radius 3 is 2.80 bits per heavy atom. The van der Waals surface area contributed by atoms with Gasteiger partial charge in [-0.05, 0) is 18.2 Å². The van der Waals surface area contributed by atoms with E-state index in [1.165, 1.54) is 0 Å². The summed E-state index contributed by atoms with van der Waals surface area (Å²) in [5, 5.41) is 4.08. The van der Waals surface area contributed by atoms with Crippen LogP contribution in [-0.4, -0.2) is 72.9 Å². The first-order valence-electron chi connectivity index (χ1n) is 8.25. The molecule has 8 nitrogen and oxygen atoms in total. The Morgan fingerprint density at radius 2 is 2.04 bits per heavy atom. The normalized spacial score (nSPS) is 15.9. The molecule has 1 fully saturated rings. The van der Waals surface area contributed by atoms with Gasteiger partial charge in [0.25, 0.3) is 12.4 Å². The Kier molecular flexibility index (Phi) is 5.97. The van der Waals surface area contributed by atoms with Gasteiger partial charge in [-0.3, -0.25) is 14.6 Å². The molecule has 0 spiro atoms. The number of hydrogen-bond acceptors (Lipinski definition) is 8. The fraction of sp³-hybridized carbons (Fsp3) is 0.471. The van der Waals surface area contributed by atoms with Crippen LogP contribution in [0.4, 0.5) is 0 Å². The molecule has 1 aromatic carbocycles. The van der Waals surface area contributed by atoms with Gasteiger partial charge in [0, 0.05) is 38.3 Å². The van der Waals surface area contributed by atoms with Crippen LogP contribution in [-0.2, 0) is 16.1 Å². The maximum Gasteiger partial charge on any atom is 0.293 e. The summed E-state index contributed by atoms with van der Waals surface area (Å²) < 4.78 is 15.3. The van der Waals surface area contributed by atoms with Crippen LogP contribution < -0.4 is 4.74 Å². The number of hydrogen-bond donors (Lipinski definition) is 0. The van der Waals surface area contributed by atoms with E-state index in [0.29, 0.717) is 31.3 Å². The molecular formula is C17H22N4O4. The molecule has 8 heteroatoms. The largest absolute Gasteiger partial charge is 0.497 e. The third-order valence-corrected chi connectivity index (χ3v) is 4.21. The van der Waals surface area contributed by atoms with Gasteiger partial charge in [0.15, 0.2) is 5.82 Å². The number of ether oxygens (including phenoxy) is 2. The van der Waals surface area contributed by atoms with Gasteiger partial charge in [0.05, 0.1) is 13.7 Å². The fourth-order valence-corrected chi connectivity index (χ4v) is 2.79. The SMILES string of the molecule is COc1cccc(-c2nc(CN3CCN(CCOC=O)CC3)no2)c1. The molecule has 0 amide bonds. The van der Waals surface area contributed by atoms with E-state index in [4.69, 9.17) is 14.0 Å². The van der Waals surface area contributed by atoms with Crippen LogP contribution in [0.2, 0.25) is 0 Å². The van der Waals surface area contributed by atoms with Gasteiger partial charge in [-0.15, -0.1) is 0 Å². The van der Waals surface area contributed by atoms with Crippen molar-refractivity contribution in [2.75, 3.05) is 46.4 Å². The standard InChI is InChI=1S/C17H22N4O4/c1-23-15-4-2-3-14(11-15)17-18-16(19-25-17)12-21-7-5-20(6-8-21)9-10-24-13-22/h2-4,11,13H,5-10,12H2,1H3. The summed E-state index contributed by atoms with van der Waals surface area (Å²) in [5.74, 6) is 1.93. The van der Waals surface area contributed by atoms with E-state index in [9.17, 15) is 4.79 Å². The zero-order chi connectivity index (χ0) is 17.5. The average molecular weight is 346 g/mol. The second-order valence-electron chi connectivity index (χ2n) is 5.83. The quantitative estimate of drug-likeness (QED) is 0.518. The van der Waals surface area contributed by atoms with Gasteiger partial charge >= 0.3 is 0 Å². The summed E-state index contributed by atoms with van der Waals surface area (Å²) in [6, 6.07) is 7.56. The van der Waals surface area contributed by atoms with E-state index < -0.39 is 0 Å². The minimum absolute atomic E-state index is 0.443. The van der Waals surface area contributed by atoms with E-state index in [1.54, 1.807) is 7.11 Å². The summed E-state index contributed by atoms with van der Waals surface area (Å²) in [5.41, 5.74) is 0.845. The molecule has 1 aliphatic rings. The van der Waals surface area contributed by atoms with Crippen molar-refractivity contribution in [1.29, 1.82) is 0 Å². The van der Waals surface area contributed by atoms with Crippen molar-refractivity contribution >= 4 is 6.47 Å². The second-order valence-corrected chi connectivity index (χ2v) is 5.83. The zero-order valence-electron chi connectivity index (χ0n) is 14.3. The van der Waals surface area contributed by atoms with Crippen molar-refractivity contribution < 1.29 is 18.8 Å². The van der Waals surface area contributed by atoms with E-state index >= 15 is 0 Å². The maximum absolute atomic E-state index is 10.2. The maximum atomic E-state index is 10.2. The molecule has 0 saturated carbocycles. The molecule has 1 aliphatic heterocycles. The molecule has 1 aromatic heterocycles. The number of methoxy groups -OCH3 is 1. The average Bonchev–Trinajstić information content (AvgIpc) is 3.12. The predicted molar refractivity (Wildman–Crippen MR) is 90.0 cm³/mol. The third kappa shape index (κ3) is 4.77. The Bertz CT molecular complexity index is 683. The van der Waals surface area contributed by atoms with Crippen LogP contribution >= 0.6 is 0 Å². The second kappa shape index (κ2) is 8.59. The van der Waals surface area contributed by atoms with Crippen molar-refractivity contribution in [3.05, 3.63) is 30.1 Å². The van der Waals surface area contributed by atoms with Crippen LogP contribution in [0, 0.1) is 0 Å². The molecule has 3 rings (SSSR count). The molecule has 2 aromatic rings. The smallest absolute Gasteiger partial charge is 0.293 e. The number of carbonyl (C=O) groups excluding carboxylic acids is 1. The molecule has 2 heterocycles. The fourth-order valence-electron chi connectivity index (χ4n) is 2.79. The first-order valence-corrected chi connectivity index (χ1v) is 8.25. The highest BCUT2D eigenvalue weighted by molar-refractivity contribution is 5.55. The number of piperazine rings is 1. The Morgan fingerprint density at radius 1 is 1.24 bits per heavy atom. The van der Waals surface area contributed by atoms with Gasteiger partial charge in [-0.2, -0.15) is 4.98 Å². The van der Waals surface area contributed by atoms with Crippen LogP contribution in [0.25, 0.3) is 11.5 Å². The summed E-state index contributed by atoms with van der Waals surface area (Å²) in [7, 11) is 1.63. The third-order valence-electron chi connectivity index (χ3n) is 4.21. The lowest BCUT2D eigenvalue weighted by Gasteiger charge is -2.33. The minimum atomic E-state index is 0.443. The van der Waals surface area contributed by atoms with Crippen molar-refractivity contribution in [1.82, 2.24) is 19.9 Å². The summed E-state index contributed by atoms with van der Waals surface area (Å²) in [6.45, 7) is 6.07. The zero-order valence-corrected chi connectivity index (χ0v) is 14.3. The van der Waals surface area contributed by atoms with Gasteiger partial charge in [-0.25, -0.2) is 0 Å². The summed E-state index contributed by atoms with van der Waals surface area (Å²) in [4.78, 5) is 19.2. The lowest BCUT2D eigenvalue weighted by atomic mass is 10.2. The lowest BCUT2D eigenvalue weighted by Crippen LogP contribution is -2.46. The molecule has 0 unspecified atom stereocenters. The minimum Gasteiger partial charge on any atom is -0.497 e. The van der Waals surface area contributed by atoms with Crippen molar-refractivity contribution in [2.45, 2.75) is 6.54 Å². The first kappa shape index (κ1) is 17.4. The van der Waals surface area contributed by atoms with E-state index in [-0.39, 0.29) is 0 Å². The molecule has 0 aliphatic carbocycles. The highest BCUT2D eigenvalue weighted by atomic mass is 16.5. The number of rotatable bonds is 8. The summed E-state index contributed by atoms with van der Waals surface area (Å²) >= 11 is 0. The highest BCUT2D eigenvalue weighted by Crippen LogP contribution is 2.22. The number of benzene rings is 1. The number of aromatic nitrogens is 2. The van der Waals surface area contributed by atoms with E-state index in [1.807, 2.05) is 24.3 Å². The Balaban J connectivity index is 1.51.